The molecule has 0 saturated carbocycles. The molecule has 11 heteroatoms. The van der Waals surface area contributed by atoms with Crippen molar-refractivity contribution < 1.29 is 38.3 Å². The van der Waals surface area contributed by atoms with E-state index < -0.39 is 13.9 Å². The molecular formula is C16H31N2O8P. The van der Waals surface area contributed by atoms with Gasteiger partial charge in [-0.25, -0.2) is 9.36 Å². The number of hydrogen-bond acceptors (Lipinski definition) is 6. The van der Waals surface area contributed by atoms with Gasteiger partial charge in [-0.2, -0.15) is 0 Å². The van der Waals surface area contributed by atoms with Gasteiger partial charge < -0.3 is 35.2 Å². The molecule has 0 bridgehead atoms. The molecule has 0 saturated heterocycles. The Labute approximate surface area is 159 Å². The van der Waals surface area contributed by atoms with Crippen LogP contribution < -0.4 is 11.1 Å². The fraction of sp³-hybridized carbons (Fsp3) is 0.750. The number of carbonyl (C=O) groups excluding carboxylic acids is 2. The molecule has 0 spiro atoms. The van der Waals surface area contributed by atoms with Gasteiger partial charge in [0.2, 0.25) is 5.91 Å². The van der Waals surface area contributed by atoms with Crippen molar-refractivity contribution in [2.75, 3.05) is 6.61 Å². The van der Waals surface area contributed by atoms with E-state index in [0.717, 1.165) is 12.8 Å². The van der Waals surface area contributed by atoms with Gasteiger partial charge in [0.15, 0.2) is 0 Å². The highest BCUT2D eigenvalue weighted by molar-refractivity contribution is 7.45. The molecule has 0 aliphatic heterocycles. The van der Waals surface area contributed by atoms with Gasteiger partial charge in [0.05, 0.1) is 24.9 Å². The standard InChI is InChI=1S/C16H28N2O4.H3O4P/c1-5-12(6-2)22-14-9-11(16(20)21-7-3)8-13(17)15(14)18-10(4)19;1-5(2,3)4/h9,12-15H,5-8,17H2,1-4H3,(H,18,19);(H3,1,2,3,4)/t13-,14-,15-;/m1./s1. The third kappa shape index (κ3) is 11.2. The fourth-order valence-electron chi connectivity index (χ4n) is 2.62. The Morgan fingerprint density at radius 3 is 2.22 bits per heavy atom. The molecule has 0 fully saturated rings. The van der Waals surface area contributed by atoms with Crippen molar-refractivity contribution in [2.45, 2.75) is 71.2 Å². The van der Waals surface area contributed by atoms with Crippen LogP contribution in [0.25, 0.3) is 0 Å². The third-order valence-corrected chi connectivity index (χ3v) is 3.80. The summed E-state index contributed by atoms with van der Waals surface area (Å²) < 4.78 is 20.0. The Bertz CT molecular complexity index is 550. The second kappa shape index (κ2) is 12.2. The number of amides is 1. The number of nitrogens with one attached hydrogen (secondary N) is 1. The van der Waals surface area contributed by atoms with Crippen molar-refractivity contribution in [3.63, 3.8) is 0 Å². The Balaban J connectivity index is 0.00000119. The van der Waals surface area contributed by atoms with Crippen LogP contribution in [-0.4, -0.2) is 57.5 Å². The van der Waals surface area contributed by atoms with Crippen molar-refractivity contribution in [3.05, 3.63) is 11.6 Å². The highest BCUT2D eigenvalue weighted by atomic mass is 31.2. The zero-order chi connectivity index (χ0) is 21.2. The van der Waals surface area contributed by atoms with Crippen molar-refractivity contribution in [2.24, 2.45) is 5.73 Å². The number of phosphoric acid groups is 1. The lowest BCUT2D eigenvalue weighted by molar-refractivity contribution is -0.139. The average Bonchev–Trinajstić information content (AvgIpc) is 2.53. The summed E-state index contributed by atoms with van der Waals surface area (Å²) in [6, 6.07) is -0.719. The zero-order valence-corrected chi connectivity index (χ0v) is 17.0. The summed E-state index contributed by atoms with van der Waals surface area (Å²) in [5, 5.41) is 2.84. The summed E-state index contributed by atoms with van der Waals surface area (Å²) >= 11 is 0. The van der Waals surface area contributed by atoms with Crippen LogP contribution in [0.15, 0.2) is 11.6 Å². The first-order chi connectivity index (χ1) is 12.4. The number of hydrogen-bond donors (Lipinski definition) is 5. The van der Waals surface area contributed by atoms with Gasteiger partial charge in [0, 0.05) is 18.5 Å². The maximum absolute atomic E-state index is 12.0. The summed E-state index contributed by atoms with van der Waals surface area (Å²) in [7, 11) is -4.64. The Kier molecular flexibility index (Phi) is 11.6. The third-order valence-electron chi connectivity index (χ3n) is 3.80. The quantitative estimate of drug-likeness (QED) is 0.294. The first-order valence-electron chi connectivity index (χ1n) is 8.77. The van der Waals surface area contributed by atoms with Gasteiger partial charge in [-0.05, 0) is 32.3 Å². The van der Waals surface area contributed by atoms with Gasteiger partial charge in [-0.1, -0.05) is 13.8 Å². The molecule has 0 heterocycles. The fourth-order valence-corrected chi connectivity index (χ4v) is 2.62. The van der Waals surface area contributed by atoms with Gasteiger partial charge in [0.25, 0.3) is 0 Å². The minimum absolute atomic E-state index is 0.0613. The van der Waals surface area contributed by atoms with E-state index in [-0.39, 0.29) is 30.1 Å². The van der Waals surface area contributed by atoms with Crippen LogP contribution in [0, 0.1) is 0 Å². The smallest absolute Gasteiger partial charge is 0.463 e. The predicted molar refractivity (Wildman–Crippen MR) is 98.4 cm³/mol. The van der Waals surface area contributed by atoms with Crippen molar-refractivity contribution in [1.82, 2.24) is 5.32 Å². The van der Waals surface area contributed by atoms with Crippen LogP contribution in [-0.2, 0) is 23.6 Å². The number of esters is 1. The normalized spacial score (nSPS) is 22.4. The maximum Gasteiger partial charge on any atom is 0.466 e. The SMILES string of the molecule is CCOC(=O)C1=C[C@@H](OC(CC)CC)[C@H](NC(C)=O)[C@H](N)C1.O=P(O)(O)O. The monoisotopic (exact) mass is 410 g/mol. The first-order valence-corrected chi connectivity index (χ1v) is 10.3. The van der Waals surface area contributed by atoms with E-state index in [9.17, 15) is 9.59 Å². The maximum atomic E-state index is 12.0. The zero-order valence-electron chi connectivity index (χ0n) is 16.1. The second-order valence-electron chi connectivity index (χ2n) is 6.06. The van der Waals surface area contributed by atoms with E-state index in [1.54, 1.807) is 13.0 Å². The van der Waals surface area contributed by atoms with Crippen LogP contribution in [0.4, 0.5) is 0 Å². The molecule has 0 aromatic rings. The highest BCUT2D eigenvalue weighted by Crippen LogP contribution is 2.26. The van der Waals surface area contributed by atoms with Crippen LogP contribution in [0.5, 0.6) is 0 Å². The molecule has 6 N–H and O–H groups in total. The first kappa shape index (κ1) is 25.7. The van der Waals surface area contributed by atoms with E-state index in [1.165, 1.54) is 6.92 Å². The molecule has 10 nitrogen and oxygen atoms in total. The average molecular weight is 410 g/mol. The molecule has 1 aliphatic carbocycles. The number of carbonyl (C=O) groups is 2. The van der Waals surface area contributed by atoms with Gasteiger partial charge in [-0.3, -0.25) is 4.79 Å². The summed E-state index contributed by atoms with van der Waals surface area (Å²) in [6.45, 7) is 7.62. The van der Waals surface area contributed by atoms with E-state index in [4.69, 9.17) is 34.5 Å². The van der Waals surface area contributed by atoms with Crippen LogP contribution >= 0.6 is 7.82 Å². The lowest BCUT2D eigenvalue weighted by Crippen LogP contribution is -2.57. The van der Waals surface area contributed by atoms with Gasteiger partial charge in [-0.15, -0.1) is 0 Å². The summed E-state index contributed by atoms with van der Waals surface area (Å²) in [5.74, 6) is -0.524. The van der Waals surface area contributed by atoms with Crippen molar-refractivity contribution >= 4 is 19.7 Å². The Morgan fingerprint density at radius 1 is 1.30 bits per heavy atom. The van der Waals surface area contributed by atoms with Crippen LogP contribution in [0.1, 0.15) is 47.0 Å². The lowest BCUT2D eigenvalue weighted by Gasteiger charge is -2.36. The molecule has 0 radical (unpaired) electrons. The van der Waals surface area contributed by atoms with Crippen molar-refractivity contribution in [3.8, 4) is 0 Å². The van der Waals surface area contributed by atoms with Crippen LogP contribution in [0.3, 0.4) is 0 Å². The molecule has 1 aliphatic rings. The Morgan fingerprint density at radius 2 is 1.81 bits per heavy atom. The molecule has 27 heavy (non-hydrogen) atoms. The van der Waals surface area contributed by atoms with E-state index in [1.807, 2.05) is 13.8 Å². The minimum atomic E-state index is -4.64. The number of nitrogens with two attached hydrogens (primary N) is 1. The summed E-state index contributed by atoms with van der Waals surface area (Å²) in [5.41, 5.74) is 6.68. The van der Waals surface area contributed by atoms with E-state index >= 15 is 0 Å². The molecule has 0 aromatic heterocycles. The Hall–Kier alpha value is -1.29. The molecule has 3 atom stereocenters. The molecular weight excluding hydrogens is 379 g/mol. The molecule has 0 unspecified atom stereocenters. The largest absolute Gasteiger partial charge is 0.466 e. The molecule has 1 amide bonds. The van der Waals surface area contributed by atoms with E-state index in [0.29, 0.717) is 18.6 Å². The molecule has 158 valence electrons. The predicted octanol–water partition coefficient (Wildman–Crippen LogP) is 0.357. The van der Waals surface area contributed by atoms with Crippen LogP contribution in [0.2, 0.25) is 0 Å². The summed E-state index contributed by atoms with van der Waals surface area (Å²) in [4.78, 5) is 44.9. The topological polar surface area (TPSA) is 168 Å². The minimum Gasteiger partial charge on any atom is -0.463 e. The number of ether oxygens (including phenoxy) is 2. The van der Waals surface area contributed by atoms with Crippen molar-refractivity contribution in [1.29, 1.82) is 0 Å². The van der Waals surface area contributed by atoms with Gasteiger partial charge in [0.1, 0.15) is 0 Å². The molecule has 0 aromatic carbocycles. The highest BCUT2D eigenvalue weighted by Gasteiger charge is 2.35. The summed E-state index contributed by atoms with van der Waals surface area (Å²) in [6.07, 6.45) is 3.48. The van der Waals surface area contributed by atoms with Gasteiger partial charge >= 0.3 is 13.8 Å². The van der Waals surface area contributed by atoms with E-state index in [2.05, 4.69) is 5.32 Å². The molecule has 1 rings (SSSR count). The lowest BCUT2D eigenvalue weighted by atomic mass is 9.88. The number of rotatable bonds is 7. The second-order valence-corrected chi connectivity index (χ2v) is 7.09.